The van der Waals surface area contributed by atoms with E-state index in [1.165, 1.54) is 0 Å². The number of amides is 1. The highest BCUT2D eigenvalue weighted by molar-refractivity contribution is 6.31. The molecule has 0 radical (unpaired) electrons. The molecule has 94 valence electrons. The number of hydrogen-bond donors (Lipinski definition) is 2. The topological polar surface area (TPSA) is 55.1 Å². The maximum Gasteiger partial charge on any atom is 0.240 e. The van der Waals surface area contributed by atoms with Gasteiger partial charge in [-0.2, -0.15) is 0 Å². The molecule has 1 aliphatic carbocycles. The molecule has 0 aliphatic heterocycles. The Morgan fingerprint density at radius 2 is 2.06 bits per heavy atom. The summed E-state index contributed by atoms with van der Waals surface area (Å²) < 4.78 is 0. The lowest BCUT2D eigenvalue weighted by molar-refractivity contribution is -0.123. The highest BCUT2D eigenvalue weighted by Gasteiger charge is 2.45. The summed E-state index contributed by atoms with van der Waals surface area (Å²) in [5.74, 6) is -0.0421. The van der Waals surface area contributed by atoms with Crippen molar-refractivity contribution in [2.75, 3.05) is 6.54 Å². The van der Waals surface area contributed by atoms with Crippen molar-refractivity contribution < 1.29 is 4.79 Å². The molecule has 1 amide bonds. The molecule has 3 nitrogen and oxygen atoms in total. The fourth-order valence-corrected chi connectivity index (χ4v) is 1.78. The molecule has 0 bridgehead atoms. The average Bonchev–Trinajstić information content (AvgIpc) is 3.01. The quantitative estimate of drug-likeness (QED) is 0.882. The highest BCUT2D eigenvalue weighted by atomic mass is 35.5. The first-order valence-corrected chi connectivity index (χ1v) is 5.80. The van der Waals surface area contributed by atoms with Gasteiger partial charge < -0.3 is 11.1 Å². The fourth-order valence-electron chi connectivity index (χ4n) is 1.55. The van der Waals surface area contributed by atoms with Gasteiger partial charge in [-0.3, -0.25) is 4.79 Å². The van der Waals surface area contributed by atoms with Crippen LogP contribution in [0.1, 0.15) is 18.4 Å². The second kappa shape index (κ2) is 5.71. The van der Waals surface area contributed by atoms with E-state index >= 15 is 0 Å². The first kappa shape index (κ1) is 14.3. The molecule has 17 heavy (non-hydrogen) atoms. The van der Waals surface area contributed by atoms with Crippen molar-refractivity contribution in [3.63, 3.8) is 0 Å². The van der Waals surface area contributed by atoms with E-state index in [1.54, 1.807) is 0 Å². The Kier molecular flexibility index (Phi) is 4.80. The zero-order valence-electron chi connectivity index (χ0n) is 9.41. The zero-order chi connectivity index (χ0) is 11.6. The third kappa shape index (κ3) is 3.60. The summed E-state index contributed by atoms with van der Waals surface area (Å²) in [7, 11) is 0. The minimum atomic E-state index is -0.583. The van der Waals surface area contributed by atoms with Gasteiger partial charge in [-0.1, -0.05) is 29.8 Å². The molecular weight excluding hydrogens is 259 g/mol. The molecule has 1 aliphatic rings. The molecule has 5 heteroatoms. The standard InChI is InChI=1S/C12H15ClN2O.ClH/c13-10-4-2-1-3-9(10)5-8-15-11(16)12(14)6-7-12;/h1-4H,5-8,14H2,(H,15,16);1H. The van der Waals surface area contributed by atoms with Crippen LogP contribution in [0.15, 0.2) is 24.3 Å². The van der Waals surface area contributed by atoms with Crippen molar-refractivity contribution in [3.8, 4) is 0 Å². The van der Waals surface area contributed by atoms with Gasteiger partial charge in [0.2, 0.25) is 5.91 Å². The van der Waals surface area contributed by atoms with Gasteiger partial charge in [0, 0.05) is 11.6 Å². The Bertz CT molecular complexity index is 405. The number of rotatable bonds is 4. The third-order valence-corrected chi connectivity index (χ3v) is 3.25. The summed E-state index contributed by atoms with van der Waals surface area (Å²) in [5.41, 5.74) is 6.23. The van der Waals surface area contributed by atoms with E-state index < -0.39 is 5.54 Å². The van der Waals surface area contributed by atoms with Crippen LogP contribution in [0.2, 0.25) is 5.02 Å². The van der Waals surface area contributed by atoms with Gasteiger partial charge in [-0.25, -0.2) is 0 Å². The fraction of sp³-hybridized carbons (Fsp3) is 0.417. The third-order valence-electron chi connectivity index (χ3n) is 2.88. The normalized spacial score (nSPS) is 15.9. The van der Waals surface area contributed by atoms with Crippen LogP contribution in [-0.2, 0) is 11.2 Å². The lowest BCUT2D eigenvalue weighted by Crippen LogP contribution is -2.43. The van der Waals surface area contributed by atoms with Gasteiger partial charge in [0.1, 0.15) is 0 Å². The summed E-state index contributed by atoms with van der Waals surface area (Å²) in [5, 5.41) is 3.58. The Balaban J connectivity index is 0.00000144. The van der Waals surface area contributed by atoms with Crippen LogP contribution in [0.4, 0.5) is 0 Å². The highest BCUT2D eigenvalue weighted by Crippen LogP contribution is 2.32. The number of carbonyl (C=O) groups excluding carboxylic acids is 1. The van der Waals surface area contributed by atoms with Crippen molar-refractivity contribution >= 4 is 29.9 Å². The van der Waals surface area contributed by atoms with Crippen LogP contribution in [0.3, 0.4) is 0 Å². The molecule has 1 fully saturated rings. The van der Waals surface area contributed by atoms with Gasteiger partial charge >= 0.3 is 0 Å². The summed E-state index contributed by atoms with van der Waals surface area (Å²) in [6.45, 7) is 0.585. The SMILES string of the molecule is Cl.NC1(C(=O)NCCc2ccccc2Cl)CC1. The number of nitrogens with one attached hydrogen (secondary N) is 1. The van der Waals surface area contributed by atoms with Gasteiger partial charge in [0.25, 0.3) is 0 Å². The lowest BCUT2D eigenvalue weighted by Gasteiger charge is -2.10. The molecule has 1 saturated carbocycles. The summed E-state index contributed by atoms with van der Waals surface area (Å²) >= 11 is 6.00. The zero-order valence-corrected chi connectivity index (χ0v) is 11.0. The van der Waals surface area contributed by atoms with Crippen molar-refractivity contribution in [3.05, 3.63) is 34.9 Å². The molecule has 0 spiro atoms. The van der Waals surface area contributed by atoms with E-state index in [1.807, 2.05) is 24.3 Å². The average molecular weight is 275 g/mol. The molecule has 0 saturated heterocycles. The molecular formula is C12H16Cl2N2O. The second-order valence-electron chi connectivity index (χ2n) is 4.25. The van der Waals surface area contributed by atoms with Crippen molar-refractivity contribution in [1.29, 1.82) is 0 Å². The largest absolute Gasteiger partial charge is 0.354 e. The van der Waals surface area contributed by atoms with E-state index in [0.717, 1.165) is 29.8 Å². The molecule has 1 aromatic carbocycles. The molecule has 0 aromatic heterocycles. The van der Waals surface area contributed by atoms with Crippen LogP contribution >= 0.6 is 24.0 Å². The molecule has 3 N–H and O–H groups in total. The smallest absolute Gasteiger partial charge is 0.240 e. The summed E-state index contributed by atoms with van der Waals surface area (Å²) in [6, 6.07) is 7.64. The number of hydrogen-bond acceptors (Lipinski definition) is 2. The second-order valence-corrected chi connectivity index (χ2v) is 4.66. The van der Waals surface area contributed by atoms with Crippen molar-refractivity contribution in [2.45, 2.75) is 24.8 Å². The predicted octanol–water partition coefficient (Wildman–Crippen LogP) is 1.91. The summed E-state index contributed by atoms with van der Waals surface area (Å²) in [4.78, 5) is 11.5. The van der Waals surface area contributed by atoms with Crippen molar-refractivity contribution in [2.24, 2.45) is 5.73 Å². The Hall–Kier alpha value is -0.770. The summed E-state index contributed by atoms with van der Waals surface area (Å²) in [6.07, 6.45) is 2.33. The maximum absolute atomic E-state index is 11.5. The minimum Gasteiger partial charge on any atom is -0.354 e. The van der Waals surface area contributed by atoms with Crippen molar-refractivity contribution in [1.82, 2.24) is 5.32 Å². The molecule has 2 rings (SSSR count). The van der Waals surface area contributed by atoms with E-state index in [9.17, 15) is 4.79 Å². The molecule has 1 aromatic rings. The van der Waals surface area contributed by atoms with Crippen LogP contribution in [0.5, 0.6) is 0 Å². The van der Waals surface area contributed by atoms with Crippen LogP contribution in [-0.4, -0.2) is 18.0 Å². The Morgan fingerprint density at radius 3 is 2.65 bits per heavy atom. The van der Waals surface area contributed by atoms with Crippen LogP contribution in [0.25, 0.3) is 0 Å². The molecule has 0 atom stereocenters. The van der Waals surface area contributed by atoms with Crippen LogP contribution in [0, 0.1) is 0 Å². The van der Waals surface area contributed by atoms with Gasteiger partial charge in [-0.15, -0.1) is 12.4 Å². The van der Waals surface area contributed by atoms with E-state index in [2.05, 4.69) is 5.32 Å². The number of benzene rings is 1. The first-order chi connectivity index (χ1) is 7.62. The number of carbonyl (C=O) groups is 1. The number of nitrogens with two attached hydrogens (primary N) is 1. The van der Waals surface area contributed by atoms with Gasteiger partial charge in [-0.05, 0) is 30.9 Å². The molecule has 0 unspecified atom stereocenters. The first-order valence-electron chi connectivity index (χ1n) is 5.42. The minimum absolute atomic E-state index is 0. The Morgan fingerprint density at radius 1 is 1.41 bits per heavy atom. The maximum atomic E-state index is 11.5. The lowest BCUT2D eigenvalue weighted by atomic mass is 10.1. The number of halogens is 2. The monoisotopic (exact) mass is 274 g/mol. The van der Waals surface area contributed by atoms with Gasteiger partial charge in [0.15, 0.2) is 0 Å². The van der Waals surface area contributed by atoms with Gasteiger partial charge in [0.05, 0.1) is 5.54 Å². The molecule has 0 heterocycles. The Labute approximate surface area is 112 Å². The van der Waals surface area contributed by atoms with E-state index in [4.69, 9.17) is 17.3 Å². The van der Waals surface area contributed by atoms with Crippen LogP contribution < -0.4 is 11.1 Å². The van der Waals surface area contributed by atoms with E-state index in [-0.39, 0.29) is 18.3 Å². The predicted molar refractivity (Wildman–Crippen MR) is 71.6 cm³/mol. The van der Waals surface area contributed by atoms with E-state index in [0.29, 0.717) is 6.54 Å².